The lowest BCUT2D eigenvalue weighted by atomic mass is 10.2. The zero-order valence-electron chi connectivity index (χ0n) is 13.4. The van der Waals surface area contributed by atoms with E-state index in [0.29, 0.717) is 29.1 Å². The molecule has 0 bridgehead atoms. The fourth-order valence-corrected chi connectivity index (χ4v) is 2.93. The predicted octanol–water partition coefficient (Wildman–Crippen LogP) is 3.06. The molecule has 23 heavy (non-hydrogen) atoms. The van der Waals surface area contributed by atoms with Gasteiger partial charge in [0.2, 0.25) is 5.91 Å². The maximum absolute atomic E-state index is 12.3. The molecule has 1 aliphatic heterocycles. The largest absolute Gasteiger partial charge is 0.361 e. The van der Waals surface area contributed by atoms with Gasteiger partial charge in [-0.25, -0.2) is 0 Å². The van der Waals surface area contributed by atoms with Crippen LogP contribution in [0, 0.1) is 13.8 Å². The second-order valence-corrected chi connectivity index (χ2v) is 5.85. The molecule has 1 fully saturated rings. The summed E-state index contributed by atoms with van der Waals surface area (Å²) < 4.78 is 5.01. The Hall–Kier alpha value is -2.63. The Morgan fingerprint density at radius 3 is 2.52 bits per heavy atom. The van der Waals surface area contributed by atoms with Gasteiger partial charge in [0.05, 0.1) is 5.69 Å². The highest BCUT2D eigenvalue weighted by molar-refractivity contribution is 6.05. The number of aryl methyl sites for hydroxylation is 2. The Labute approximate surface area is 134 Å². The first-order chi connectivity index (χ1) is 11.0. The van der Waals surface area contributed by atoms with Crippen LogP contribution in [0.1, 0.15) is 41.6 Å². The molecular weight excluding hydrogens is 294 g/mol. The lowest BCUT2D eigenvalue weighted by Gasteiger charge is -2.21. The first-order valence-electron chi connectivity index (χ1n) is 7.63. The zero-order valence-corrected chi connectivity index (χ0v) is 13.4. The number of amides is 2. The zero-order chi connectivity index (χ0) is 16.6. The summed E-state index contributed by atoms with van der Waals surface area (Å²) in [6.07, 6.45) is 1.47. The third-order valence-electron chi connectivity index (χ3n) is 4.15. The number of benzene rings is 1. The van der Waals surface area contributed by atoms with Gasteiger partial charge in [0.1, 0.15) is 11.3 Å². The molecule has 0 spiro atoms. The van der Waals surface area contributed by atoms with Crippen molar-refractivity contribution in [1.29, 1.82) is 0 Å². The van der Waals surface area contributed by atoms with Gasteiger partial charge in [0.15, 0.2) is 0 Å². The lowest BCUT2D eigenvalue weighted by molar-refractivity contribution is -0.117. The van der Waals surface area contributed by atoms with Crippen molar-refractivity contribution in [3.63, 3.8) is 0 Å². The summed E-state index contributed by atoms with van der Waals surface area (Å²) in [5, 5.41) is 6.61. The van der Waals surface area contributed by atoms with E-state index >= 15 is 0 Å². The Morgan fingerprint density at radius 1 is 1.30 bits per heavy atom. The van der Waals surface area contributed by atoms with E-state index in [1.54, 1.807) is 30.9 Å². The maximum Gasteiger partial charge on any atom is 0.261 e. The van der Waals surface area contributed by atoms with Gasteiger partial charge in [-0.1, -0.05) is 5.16 Å². The van der Waals surface area contributed by atoms with Gasteiger partial charge in [-0.2, -0.15) is 0 Å². The summed E-state index contributed by atoms with van der Waals surface area (Å²) in [5.74, 6) is 0.387. The number of anilines is 2. The van der Waals surface area contributed by atoms with Crippen molar-refractivity contribution in [2.45, 2.75) is 39.7 Å². The van der Waals surface area contributed by atoms with Crippen molar-refractivity contribution in [2.75, 3.05) is 10.2 Å². The van der Waals surface area contributed by atoms with Crippen LogP contribution in [0.3, 0.4) is 0 Å². The van der Waals surface area contributed by atoms with Crippen LogP contribution < -0.4 is 10.2 Å². The molecule has 1 unspecified atom stereocenters. The number of nitrogens with one attached hydrogen (secondary N) is 1. The van der Waals surface area contributed by atoms with Gasteiger partial charge in [-0.05, 0) is 51.5 Å². The van der Waals surface area contributed by atoms with Crippen molar-refractivity contribution >= 4 is 23.2 Å². The van der Waals surface area contributed by atoms with Crippen LogP contribution in [-0.4, -0.2) is 23.0 Å². The second kappa shape index (κ2) is 5.87. The third-order valence-corrected chi connectivity index (χ3v) is 4.15. The van der Waals surface area contributed by atoms with E-state index in [1.807, 2.05) is 19.1 Å². The molecule has 1 aliphatic rings. The fourth-order valence-electron chi connectivity index (χ4n) is 2.93. The lowest BCUT2D eigenvalue weighted by Crippen LogP contribution is -2.30. The highest BCUT2D eigenvalue weighted by Gasteiger charge is 2.28. The van der Waals surface area contributed by atoms with Crippen LogP contribution in [-0.2, 0) is 4.79 Å². The number of hydrogen-bond acceptors (Lipinski definition) is 4. The SMILES string of the molecule is Cc1noc(C)c1C(=O)Nc1ccc(N2C(=O)CCC2C)cc1. The minimum atomic E-state index is -0.250. The topological polar surface area (TPSA) is 75.4 Å². The summed E-state index contributed by atoms with van der Waals surface area (Å²) >= 11 is 0. The molecule has 1 saturated heterocycles. The quantitative estimate of drug-likeness (QED) is 0.945. The van der Waals surface area contributed by atoms with Crippen LogP contribution in [0.25, 0.3) is 0 Å². The van der Waals surface area contributed by atoms with Crippen molar-refractivity contribution in [3.8, 4) is 0 Å². The second-order valence-electron chi connectivity index (χ2n) is 5.85. The van der Waals surface area contributed by atoms with Crippen LogP contribution >= 0.6 is 0 Å². The molecule has 0 saturated carbocycles. The smallest absolute Gasteiger partial charge is 0.261 e. The molecule has 1 aromatic carbocycles. The molecular formula is C17H19N3O3. The van der Waals surface area contributed by atoms with E-state index in [9.17, 15) is 9.59 Å². The van der Waals surface area contributed by atoms with Gasteiger partial charge >= 0.3 is 0 Å². The normalized spacial score (nSPS) is 17.6. The highest BCUT2D eigenvalue weighted by Crippen LogP contribution is 2.27. The van der Waals surface area contributed by atoms with Gasteiger partial charge in [0.25, 0.3) is 5.91 Å². The summed E-state index contributed by atoms with van der Waals surface area (Å²) in [6, 6.07) is 7.50. The molecule has 1 atom stereocenters. The first kappa shape index (κ1) is 15.3. The van der Waals surface area contributed by atoms with Crippen molar-refractivity contribution in [1.82, 2.24) is 5.16 Å². The number of aromatic nitrogens is 1. The molecule has 0 aliphatic carbocycles. The van der Waals surface area contributed by atoms with E-state index in [1.165, 1.54) is 0 Å². The van der Waals surface area contributed by atoms with Gasteiger partial charge in [-0.15, -0.1) is 0 Å². The van der Waals surface area contributed by atoms with Crippen LogP contribution in [0.15, 0.2) is 28.8 Å². The Morgan fingerprint density at radius 2 is 2.00 bits per heavy atom. The van der Waals surface area contributed by atoms with E-state index in [-0.39, 0.29) is 17.9 Å². The first-order valence-corrected chi connectivity index (χ1v) is 7.63. The average molecular weight is 313 g/mol. The summed E-state index contributed by atoms with van der Waals surface area (Å²) in [7, 11) is 0. The average Bonchev–Trinajstić information content (AvgIpc) is 3.02. The van der Waals surface area contributed by atoms with E-state index in [2.05, 4.69) is 10.5 Å². The molecule has 2 heterocycles. The van der Waals surface area contributed by atoms with Crippen LogP contribution in [0.5, 0.6) is 0 Å². The molecule has 2 aromatic rings. The Balaban J connectivity index is 1.75. The highest BCUT2D eigenvalue weighted by atomic mass is 16.5. The van der Waals surface area contributed by atoms with Gasteiger partial charge < -0.3 is 14.7 Å². The van der Waals surface area contributed by atoms with Crippen molar-refractivity contribution in [3.05, 3.63) is 41.3 Å². The molecule has 1 aromatic heterocycles. The van der Waals surface area contributed by atoms with Crippen molar-refractivity contribution < 1.29 is 14.1 Å². The van der Waals surface area contributed by atoms with Gasteiger partial charge in [-0.3, -0.25) is 9.59 Å². The van der Waals surface area contributed by atoms with Crippen LogP contribution in [0.4, 0.5) is 11.4 Å². The molecule has 3 rings (SSSR count). The molecule has 6 nitrogen and oxygen atoms in total. The number of rotatable bonds is 3. The molecule has 6 heteroatoms. The number of carbonyl (C=O) groups is 2. The van der Waals surface area contributed by atoms with Gasteiger partial charge in [0, 0.05) is 23.8 Å². The van der Waals surface area contributed by atoms with E-state index in [0.717, 1.165) is 12.1 Å². The standard InChI is InChI=1S/C17H19N3O3/c1-10-4-9-15(21)20(10)14-7-5-13(6-8-14)18-17(22)16-11(2)19-23-12(16)3/h5-8,10H,4,9H2,1-3H3,(H,18,22). The van der Waals surface area contributed by atoms with Crippen molar-refractivity contribution in [2.24, 2.45) is 0 Å². The number of hydrogen-bond donors (Lipinski definition) is 1. The van der Waals surface area contributed by atoms with E-state index in [4.69, 9.17) is 4.52 Å². The summed E-state index contributed by atoms with van der Waals surface area (Å²) in [6.45, 7) is 5.48. The molecule has 0 radical (unpaired) electrons. The minimum absolute atomic E-state index is 0.144. The monoisotopic (exact) mass is 313 g/mol. The maximum atomic E-state index is 12.3. The molecule has 120 valence electrons. The predicted molar refractivity (Wildman–Crippen MR) is 86.6 cm³/mol. The summed E-state index contributed by atoms with van der Waals surface area (Å²) in [5.41, 5.74) is 2.54. The summed E-state index contributed by atoms with van der Waals surface area (Å²) in [4.78, 5) is 26.0. The van der Waals surface area contributed by atoms with E-state index < -0.39 is 0 Å². The third kappa shape index (κ3) is 2.84. The molecule has 2 amide bonds. The van der Waals surface area contributed by atoms with Crippen LogP contribution in [0.2, 0.25) is 0 Å². The Kier molecular flexibility index (Phi) is 3.90. The molecule has 1 N–H and O–H groups in total. The minimum Gasteiger partial charge on any atom is -0.361 e. The fraction of sp³-hybridized carbons (Fsp3) is 0.353. The number of carbonyl (C=O) groups excluding carboxylic acids is 2. The number of nitrogens with zero attached hydrogens (tertiary/aromatic N) is 2. The Bertz CT molecular complexity index is 729.